The lowest BCUT2D eigenvalue weighted by atomic mass is 10.1. The van der Waals surface area contributed by atoms with E-state index < -0.39 is 5.97 Å². The van der Waals surface area contributed by atoms with Gasteiger partial charge < -0.3 is 14.9 Å². The summed E-state index contributed by atoms with van der Waals surface area (Å²) in [4.78, 5) is 10.9. The maximum atomic E-state index is 10.9. The number of anilines is 1. The summed E-state index contributed by atoms with van der Waals surface area (Å²) in [5.41, 5.74) is 0.435. The zero-order chi connectivity index (χ0) is 10.8. The zero-order valence-corrected chi connectivity index (χ0v) is 8.15. The van der Waals surface area contributed by atoms with Gasteiger partial charge >= 0.3 is 5.97 Å². The van der Waals surface area contributed by atoms with Gasteiger partial charge in [-0.15, -0.1) is 0 Å². The van der Waals surface area contributed by atoms with Gasteiger partial charge in [-0.05, 0) is 19.1 Å². The van der Waals surface area contributed by atoms with Gasteiger partial charge in [-0.2, -0.15) is 0 Å². The van der Waals surface area contributed by atoms with Gasteiger partial charge in [0, 0.05) is 6.54 Å². The van der Waals surface area contributed by atoms with Crippen molar-refractivity contribution in [2.75, 3.05) is 11.9 Å². The van der Waals surface area contributed by atoms with Crippen LogP contribution >= 0.6 is 0 Å². The molecule has 0 unspecified atom stereocenters. The van der Waals surface area contributed by atoms with Crippen molar-refractivity contribution in [3.63, 3.8) is 0 Å². The summed E-state index contributed by atoms with van der Waals surface area (Å²) in [6, 6.07) is 4.94. The van der Waals surface area contributed by atoms with Gasteiger partial charge in [0.2, 0.25) is 0 Å². The van der Waals surface area contributed by atoms with Crippen LogP contribution in [0.5, 0.6) is 0 Å². The molecule has 78 valence electrons. The quantitative estimate of drug-likeness (QED) is 0.802. The summed E-state index contributed by atoms with van der Waals surface area (Å²) in [6.07, 6.45) is 0. The zero-order valence-electron chi connectivity index (χ0n) is 8.15. The smallest absolute Gasteiger partial charge is 0.339 e. The molecule has 0 aliphatic heterocycles. The van der Waals surface area contributed by atoms with Crippen LogP contribution in [0.3, 0.4) is 0 Å². The fraction of sp³-hybridized carbons (Fsp3) is 0.200. The summed E-state index contributed by atoms with van der Waals surface area (Å²) in [5, 5.41) is 16.4. The molecule has 0 saturated heterocycles. The van der Waals surface area contributed by atoms with E-state index in [1.807, 2.05) is 6.92 Å². The molecule has 0 atom stereocenters. The molecule has 0 saturated carbocycles. The second-order valence-corrected chi connectivity index (χ2v) is 3.05. The Morgan fingerprint density at radius 2 is 2.40 bits per heavy atom. The molecule has 1 aromatic heterocycles. The predicted molar refractivity (Wildman–Crippen MR) is 55.1 cm³/mol. The van der Waals surface area contributed by atoms with Gasteiger partial charge in [0.05, 0.1) is 5.39 Å². The molecule has 1 aromatic carbocycles. The van der Waals surface area contributed by atoms with Crippen molar-refractivity contribution in [2.24, 2.45) is 0 Å². The number of hydrogen-bond donors (Lipinski definition) is 2. The first-order chi connectivity index (χ1) is 7.24. The van der Waals surface area contributed by atoms with Crippen molar-refractivity contribution >= 4 is 22.8 Å². The molecule has 2 aromatic rings. The van der Waals surface area contributed by atoms with Crippen LogP contribution in [-0.2, 0) is 0 Å². The Balaban J connectivity index is 2.63. The van der Waals surface area contributed by atoms with E-state index >= 15 is 0 Å². The third-order valence-electron chi connectivity index (χ3n) is 2.07. The molecule has 1 heterocycles. The standard InChI is InChI=1S/C10H10N2O3/c1-2-11-9-6-4-3-5-7(10(13)14)8(6)15-12-9/h3-5H,2H2,1H3,(H,11,12)(H,13,14). The van der Waals surface area contributed by atoms with Crippen LogP contribution in [0.1, 0.15) is 17.3 Å². The Hall–Kier alpha value is -2.04. The van der Waals surface area contributed by atoms with E-state index in [4.69, 9.17) is 9.63 Å². The van der Waals surface area contributed by atoms with Crippen LogP contribution in [-0.4, -0.2) is 22.8 Å². The number of nitrogens with zero attached hydrogens (tertiary/aromatic N) is 1. The molecule has 0 bridgehead atoms. The topological polar surface area (TPSA) is 75.4 Å². The molecule has 2 N–H and O–H groups in total. The molecular weight excluding hydrogens is 196 g/mol. The Kier molecular flexibility index (Phi) is 2.29. The Labute approximate surface area is 85.7 Å². The molecule has 0 amide bonds. The second-order valence-electron chi connectivity index (χ2n) is 3.05. The normalized spacial score (nSPS) is 10.5. The summed E-state index contributed by atoms with van der Waals surface area (Å²) in [6.45, 7) is 2.64. The number of aromatic nitrogens is 1. The number of nitrogens with one attached hydrogen (secondary N) is 1. The minimum Gasteiger partial charge on any atom is -0.478 e. The van der Waals surface area contributed by atoms with Crippen molar-refractivity contribution in [2.45, 2.75) is 6.92 Å². The number of carbonyl (C=O) groups is 1. The average Bonchev–Trinajstić information content (AvgIpc) is 2.62. The highest BCUT2D eigenvalue weighted by molar-refractivity contribution is 6.03. The molecule has 2 rings (SSSR count). The minimum atomic E-state index is -1.01. The fourth-order valence-corrected chi connectivity index (χ4v) is 1.43. The monoisotopic (exact) mass is 206 g/mol. The van der Waals surface area contributed by atoms with Crippen LogP contribution in [0.25, 0.3) is 11.0 Å². The van der Waals surface area contributed by atoms with Crippen molar-refractivity contribution in [1.29, 1.82) is 0 Å². The molecule has 0 aliphatic rings. The first kappa shape index (κ1) is 9.51. The van der Waals surface area contributed by atoms with Crippen molar-refractivity contribution < 1.29 is 14.4 Å². The summed E-state index contributed by atoms with van der Waals surface area (Å²) in [7, 11) is 0. The average molecular weight is 206 g/mol. The number of carboxylic acids is 1. The van der Waals surface area contributed by atoms with Crippen molar-refractivity contribution in [1.82, 2.24) is 5.16 Å². The fourth-order valence-electron chi connectivity index (χ4n) is 1.43. The molecule has 0 radical (unpaired) electrons. The highest BCUT2D eigenvalue weighted by Crippen LogP contribution is 2.25. The van der Waals surface area contributed by atoms with Crippen LogP contribution in [0.15, 0.2) is 22.7 Å². The maximum Gasteiger partial charge on any atom is 0.339 e. The van der Waals surface area contributed by atoms with Crippen LogP contribution in [0, 0.1) is 0 Å². The number of carboxylic acid groups (broad SMARTS) is 1. The van der Waals surface area contributed by atoms with Crippen LogP contribution in [0.2, 0.25) is 0 Å². The van der Waals surface area contributed by atoms with Gasteiger partial charge in [0.15, 0.2) is 11.4 Å². The molecule has 0 aliphatic carbocycles. The number of benzene rings is 1. The van der Waals surface area contributed by atoms with E-state index in [-0.39, 0.29) is 5.56 Å². The summed E-state index contributed by atoms with van der Waals surface area (Å²) >= 11 is 0. The number of rotatable bonds is 3. The van der Waals surface area contributed by atoms with Gasteiger partial charge in [0.25, 0.3) is 0 Å². The number of hydrogen-bond acceptors (Lipinski definition) is 4. The highest BCUT2D eigenvalue weighted by atomic mass is 16.5. The molecule has 0 spiro atoms. The molecular formula is C10H10N2O3. The lowest BCUT2D eigenvalue weighted by Gasteiger charge is -1.96. The van der Waals surface area contributed by atoms with E-state index in [1.165, 1.54) is 6.07 Å². The molecule has 15 heavy (non-hydrogen) atoms. The number of para-hydroxylation sites is 1. The van der Waals surface area contributed by atoms with E-state index in [9.17, 15) is 4.79 Å². The molecule has 5 heteroatoms. The summed E-state index contributed by atoms with van der Waals surface area (Å²) in [5.74, 6) is -0.435. The van der Waals surface area contributed by atoms with Crippen LogP contribution < -0.4 is 5.32 Å². The lowest BCUT2D eigenvalue weighted by molar-refractivity contribution is 0.0697. The first-order valence-electron chi connectivity index (χ1n) is 4.59. The van der Waals surface area contributed by atoms with Crippen molar-refractivity contribution in [3.05, 3.63) is 23.8 Å². The predicted octanol–water partition coefficient (Wildman–Crippen LogP) is 1.96. The maximum absolute atomic E-state index is 10.9. The van der Waals surface area contributed by atoms with Gasteiger partial charge in [0.1, 0.15) is 5.56 Å². The van der Waals surface area contributed by atoms with E-state index in [0.717, 1.165) is 0 Å². The van der Waals surface area contributed by atoms with Gasteiger partial charge in [-0.25, -0.2) is 4.79 Å². The van der Waals surface area contributed by atoms with Gasteiger partial charge in [-0.3, -0.25) is 0 Å². The highest BCUT2D eigenvalue weighted by Gasteiger charge is 2.15. The van der Waals surface area contributed by atoms with E-state index in [2.05, 4.69) is 10.5 Å². The Morgan fingerprint density at radius 1 is 1.60 bits per heavy atom. The summed E-state index contributed by atoms with van der Waals surface area (Å²) < 4.78 is 5.00. The van der Waals surface area contributed by atoms with Crippen LogP contribution in [0.4, 0.5) is 5.82 Å². The number of aromatic carboxylic acids is 1. The number of fused-ring (bicyclic) bond motifs is 1. The van der Waals surface area contributed by atoms with Crippen molar-refractivity contribution in [3.8, 4) is 0 Å². The SMILES string of the molecule is CCNc1noc2c(C(=O)O)cccc12. The molecule has 0 fully saturated rings. The third kappa shape index (κ3) is 1.52. The molecule has 5 nitrogen and oxygen atoms in total. The minimum absolute atomic E-state index is 0.129. The van der Waals surface area contributed by atoms with E-state index in [0.29, 0.717) is 23.3 Å². The van der Waals surface area contributed by atoms with Gasteiger partial charge in [-0.1, -0.05) is 11.2 Å². The largest absolute Gasteiger partial charge is 0.478 e. The first-order valence-corrected chi connectivity index (χ1v) is 4.59. The lowest BCUT2D eigenvalue weighted by Crippen LogP contribution is -1.98. The Bertz CT molecular complexity index is 504. The second kappa shape index (κ2) is 3.61. The third-order valence-corrected chi connectivity index (χ3v) is 2.07. The van der Waals surface area contributed by atoms with E-state index in [1.54, 1.807) is 12.1 Å². The Morgan fingerprint density at radius 3 is 3.07 bits per heavy atom.